The highest BCUT2D eigenvalue weighted by atomic mass is 32.1. The molecule has 1 fully saturated rings. The second-order valence-corrected chi connectivity index (χ2v) is 3.26. The smallest absolute Gasteiger partial charge is 0.333 e. The van der Waals surface area contributed by atoms with Gasteiger partial charge in [-0.25, -0.2) is 4.79 Å². The zero-order chi connectivity index (χ0) is 10.7. The third kappa shape index (κ3) is 2.39. The molecular weight excluding hydrogens is 206 g/mol. The van der Waals surface area contributed by atoms with Crippen LogP contribution in [0, 0.1) is 12.5 Å². The SMILES string of the molecule is O=C(O)[C]1[CH]CC(O)CN1C(=O)CS. The van der Waals surface area contributed by atoms with Gasteiger partial charge < -0.3 is 15.1 Å². The Balaban J connectivity index is 2.73. The Morgan fingerprint density at radius 1 is 1.64 bits per heavy atom. The van der Waals surface area contributed by atoms with E-state index >= 15 is 0 Å². The van der Waals surface area contributed by atoms with Gasteiger partial charge in [-0.1, -0.05) is 0 Å². The van der Waals surface area contributed by atoms with Gasteiger partial charge in [0.2, 0.25) is 5.91 Å². The van der Waals surface area contributed by atoms with Crippen LogP contribution in [0.15, 0.2) is 0 Å². The van der Waals surface area contributed by atoms with Crippen molar-refractivity contribution in [2.45, 2.75) is 12.5 Å². The number of carbonyl (C=O) groups excluding carboxylic acids is 1. The molecule has 0 aromatic carbocycles. The summed E-state index contributed by atoms with van der Waals surface area (Å²) in [5.74, 6) is -1.65. The normalized spacial score (nSPS) is 23.6. The maximum atomic E-state index is 11.3. The maximum absolute atomic E-state index is 11.3. The van der Waals surface area contributed by atoms with E-state index in [2.05, 4.69) is 12.6 Å². The van der Waals surface area contributed by atoms with Gasteiger partial charge in [0.15, 0.2) is 6.04 Å². The van der Waals surface area contributed by atoms with Gasteiger partial charge in [-0.2, -0.15) is 12.6 Å². The molecule has 0 saturated carbocycles. The number of aliphatic hydroxyl groups is 1. The van der Waals surface area contributed by atoms with Crippen molar-refractivity contribution < 1.29 is 19.8 Å². The Hall–Kier alpha value is -0.750. The van der Waals surface area contributed by atoms with Crippen molar-refractivity contribution in [2.24, 2.45) is 0 Å². The molecule has 1 aliphatic rings. The van der Waals surface area contributed by atoms with E-state index in [1.165, 1.54) is 6.42 Å². The van der Waals surface area contributed by atoms with Crippen molar-refractivity contribution >= 4 is 24.5 Å². The number of rotatable bonds is 2. The number of carboxylic acids is 1. The molecule has 6 heteroatoms. The summed E-state index contributed by atoms with van der Waals surface area (Å²) in [6, 6.07) is -0.0747. The number of carboxylic acid groups (broad SMARTS) is 1. The predicted octanol–water partition coefficient (Wildman–Crippen LogP) is -0.670. The van der Waals surface area contributed by atoms with Crippen LogP contribution in [-0.4, -0.2) is 45.4 Å². The monoisotopic (exact) mass is 217 g/mol. The van der Waals surface area contributed by atoms with Gasteiger partial charge in [-0.05, 0) is 6.42 Å². The molecular formula is C8H11NO4S. The van der Waals surface area contributed by atoms with E-state index in [1.807, 2.05) is 0 Å². The summed E-state index contributed by atoms with van der Waals surface area (Å²) < 4.78 is 0. The number of aliphatic hydroxyl groups excluding tert-OH is 1. The third-order valence-corrected chi connectivity index (χ3v) is 2.19. The molecule has 1 amide bonds. The van der Waals surface area contributed by atoms with E-state index in [1.54, 1.807) is 0 Å². The fourth-order valence-corrected chi connectivity index (χ4v) is 1.44. The Labute approximate surface area is 87.1 Å². The lowest BCUT2D eigenvalue weighted by Crippen LogP contribution is -2.48. The van der Waals surface area contributed by atoms with E-state index in [9.17, 15) is 14.7 Å². The molecule has 0 bridgehead atoms. The second kappa shape index (κ2) is 4.65. The van der Waals surface area contributed by atoms with E-state index < -0.39 is 18.0 Å². The van der Waals surface area contributed by atoms with Crippen LogP contribution in [0.3, 0.4) is 0 Å². The number of β-amino-alcohol motifs (C(OH)–C–C–N with tert-alkyl or cyclic N) is 1. The number of carbonyl (C=O) groups is 2. The first-order valence-electron chi connectivity index (χ1n) is 4.09. The average Bonchev–Trinajstić information content (AvgIpc) is 2.16. The lowest BCUT2D eigenvalue weighted by atomic mass is 10.0. The molecule has 5 nitrogen and oxygen atoms in total. The molecule has 2 N–H and O–H groups in total. The molecule has 0 spiro atoms. The molecule has 1 aliphatic heterocycles. The Morgan fingerprint density at radius 2 is 2.29 bits per heavy atom. The standard InChI is InChI=1S/C8H11NO4S/c10-5-1-2-6(8(12)13)9(3-5)7(11)4-14/h2,5,10,14H,1,3-4H2,(H,12,13). The van der Waals surface area contributed by atoms with E-state index in [-0.39, 0.29) is 24.8 Å². The summed E-state index contributed by atoms with van der Waals surface area (Å²) in [5, 5.41) is 18.0. The fourth-order valence-electron chi connectivity index (χ4n) is 1.27. The van der Waals surface area contributed by atoms with Crippen molar-refractivity contribution in [3.63, 3.8) is 0 Å². The lowest BCUT2D eigenvalue weighted by molar-refractivity contribution is -0.143. The molecule has 0 aromatic heterocycles. The average molecular weight is 217 g/mol. The minimum absolute atomic E-state index is 0.0253. The first kappa shape index (κ1) is 11.3. The van der Waals surface area contributed by atoms with Crippen LogP contribution in [-0.2, 0) is 9.59 Å². The molecule has 2 radical (unpaired) electrons. The van der Waals surface area contributed by atoms with Crippen LogP contribution in [0.25, 0.3) is 0 Å². The lowest BCUT2D eigenvalue weighted by Gasteiger charge is -2.34. The van der Waals surface area contributed by atoms with Crippen molar-refractivity contribution in [2.75, 3.05) is 12.3 Å². The number of hydrogen-bond acceptors (Lipinski definition) is 4. The first-order chi connectivity index (χ1) is 6.56. The number of nitrogens with zero attached hydrogens (tertiary/aromatic N) is 1. The van der Waals surface area contributed by atoms with Crippen LogP contribution in [0.2, 0.25) is 0 Å². The number of amides is 1. The summed E-state index contributed by atoms with van der Waals surface area (Å²) in [5.41, 5.74) is 0. The van der Waals surface area contributed by atoms with Crippen LogP contribution in [0.5, 0.6) is 0 Å². The highest BCUT2D eigenvalue weighted by Gasteiger charge is 2.36. The molecule has 0 aromatic rings. The van der Waals surface area contributed by atoms with Gasteiger partial charge in [-0.3, -0.25) is 4.79 Å². The topological polar surface area (TPSA) is 77.8 Å². The number of thiol groups is 1. The van der Waals surface area contributed by atoms with Crippen LogP contribution < -0.4 is 0 Å². The van der Waals surface area contributed by atoms with Crippen molar-refractivity contribution in [3.05, 3.63) is 12.5 Å². The molecule has 1 rings (SSSR count). The van der Waals surface area contributed by atoms with Gasteiger partial charge in [0, 0.05) is 13.0 Å². The van der Waals surface area contributed by atoms with Gasteiger partial charge >= 0.3 is 5.97 Å². The van der Waals surface area contributed by atoms with Gasteiger partial charge in [-0.15, -0.1) is 0 Å². The molecule has 14 heavy (non-hydrogen) atoms. The van der Waals surface area contributed by atoms with Gasteiger partial charge in [0.05, 0.1) is 11.9 Å². The number of aliphatic carboxylic acids is 1. The molecule has 1 atom stereocenters. The Bertz CT molecular complexity index is 245. The van der Waals surface area contributed by atoms with Crippen molar-refractivity contribution in [3.8, 4) is 0 Å². The predicted molar refractivity (Wildman–Crippen MR) is 51.4 cm³/mol. The summed E-state index contributed by atoms with van der Waals surface area (Å²) in [4.78, 5) is 23.0. The van der Waals surface area contributed by atoms with Crippen LogP contribution in [0.4, 0.5) is 0 Å². The highest BCUT2D eigenvalue weighted by Crippen LogP contribution is 2.23. The zero-order valence-corrected chi connectivity index (χ0v) is 8.28. The van der Waals surface area contributed by atoms with Crippen molar-refractivity contribution in [1.29, 1.82) is 0 Å². The summed E-state index contributed by atoms with van der Waals surface area (Å²) in [6.07, 6.45) is 0.914. The largest absolute Gasteiger partial charge is 0.479 e. The fraction of sp³-hybridized carbons (Fsp3) is 0.500. The Kier molecular flexibility index (Phi) is 3.77. The first-order valence-corrected chi connectivity index (χ1v) is 4.72. The highest BCUT2D eigenvalue weighted by molar-refractivity contribution is 7.81. The Morgan fingerprint density at radius 3 is 2.79 bits per heavy atom. The zero-order valence-electron chi connectivity index (χ0n) is 7.38. The molecule has 0 aliphatic carbocycles. The quantitative estimate of drug-likeness (QED) is 0.536. The third-order valence-electron chi connectivity index (χ3n) is 1.92. The van der Waals surface area contributed by atoms with Gasteiger partial charge in [0.25, 0.3) is 0 Å². The summed E-state index contributed by atoms with van der Waals surface area (Å²) >= 11 is 3.77. The van der Waals surface area contributed by atoms with E-state index in [0.29, 0.717) is 0 Å². The second-order valence-electron chi connectivity index (χ2n) is 2.95. The van der Waals surface area contributed by atoms with E-state index in [0.717, 1.165) is 4.90 Å². The number of hydrogen-bond donors (Lipinski definition) is 3. The molecule has 1 saturated heterocycles. The van der Waals surface area contributed by atoms with Crippen LogP contribution in [0.1, 0.15) is 6.42 Å². The minimum Gasteiger partial charge on any atom is -0.479 e. The number of piperidine rings is 1. The van der Waals surface area contributed by atoms with Crippen molar-refractivity contribution in [1.82, 2.24) is 4.90 Å². The maximum Gasteiger partial charge on any atom is 0.333 e. The molecule has 78 valence electrons. The number of likely N-dealkylation sites (tertiary alicyclic amines) is 1. The summed E-state index contributed by atoms with van der Waals surface area (Å²) in [6.45, 7) is 0.0253. The molecule has 1 unspecified atom stereocenters. The minimum atomic E-state index is -1.16. The molecule has 1 heterocycles. The van der Waals surface area contributed by atoms with Gasteiger partial charge in [0.1, 0.15) is 0 Å². The van der Waals surface area contributed by atoms with E-state index in [4.69, 9.17) is 5.11 Å². The summed E-state index contributed by atoms with van der Waals surface area (Å²) in [7, 11) is 0. The van der Waals surface area contributed by atoms with Crippen LogP contribution >= 0.6 is 12.6 Å².